The fourth-order valence-electron chi connectivity index (χ4n) is 2.36. The quantitative estimate of drug-likeness (QED) is 0.585. The third-order valence-electron chi connectivity index (χ3n) is 3.73. The highest BCUT2D eigenvalue weighted by molar-refractivity contribution is 5.55. The first kappa shape index (κ1) is 18.7. The second-order valence-corrected chi connectivity index (χ2v) is 5.67. The molecule has 0 fully saturated rings. The molecule has 0 N–H and O–H groups in total. The zero-order chi connectivity index (χ0) is 19.3. The van der Waals surface area contributed by atoms with E-state index in [4.69, 9.17) is 9.47 Å². The van der Waals surface area contributed by atoms with Crippen LogP contribution in [-0.2, 0) is 12.7 Å². The molecule has 0 saturated carbocycles. The molecule has 0 aliphatic heterocycles. The minimum absolute atomic E-state index is 0.150. The number of tetrazole rings is 1. The van der Waals surface area contributed by atoms with Gasteiger partial charge in [-0.1, -0.05) is 12.1 Å². The van der Waals surface area contributed by atoms with E-state index >= 15 is 0 Å². The first-order chi connectivity index (χ1) is 13.0. The van der Waals surface area contributed by atoms with Crippen LogP contribution in [0.3, 0.4) is 0 Å². The molecule has 1 aromatic heterocycles. The summed E-state index contributed by atoms with van der Waals surface area (Å²) in [7, 11) is 1.59. The van der Waals surface area contributed by atoms with Crippen molar-refractivity contribution in [3.8, 4) is 22.9 Å². The second kappa shape index (κ2) is 8.07. The van der Waals surface area contributed by atoms with Crippen LogP contribution in [-0.4, -0.2) is 33.9 Å². The highest BCUT2D eigenvalue weighted by atomic mass is 19.4. The van der Waals surface area contributed by atoms with Gasteiger partial charge in [0.2, 0.25) is 5.82 Å². The third-order valence-corrected chi connectivity index (χ3v) is 3.73. The monoisotopic (exact) mass is 378 g/mol. The summed E-state index contributed by atoms with van der Waals surface area (Å²) in [6, 6.07) is 12.1. The van der Waals surface area contributed by atoms with Crippen LogP contribution < -0.4 is 9.47 Å². The topological polar surface area (TPSA) is 62.1 Å². The summed E-state index contributed by atoms with van der Waals surface area (Å²) in [6.45, 7) is 0.870. The molecule has 0 unspecified atom stereocenters. The molecule has 3 rings (SSSR count). The highest BCUT2D eigenvalue weighted by Crippen LogP contribution is 2.31. The number of benzene rings is 2. The lowest BCUT2D eigenvalue weighted by Gasteiger charge is -2.07. The van der Waals surface area contributed by atoms with E-state index in [1.54, 1.807) is 31.4 Å². The SMILES string of the molecule is COc1ccc(OCCCn2nnc(-c3cccc(C(F)(F)F)c3)n2)cc1. The molecule has 3 aromatic rings. The fourth-order valence-corrected chi connectivity index (χ4v) is 2.36. The first-order valence-corrected chi connectivity index (χ1v) is 8.18. The molecule has 142 valence electrons. The van der Waals surface area contributed by atoms with E-state index in [2.05, 4.69) is 15.4 Å². The van der Waals surface area contributed by atoms with E-state index in [0.717, 1.165) is 17.9 Å². The summed E-state index contributed by atoms with van der Waals surface area (Å²) < 4.78 is 49.1. The molecule has 0 bridgehead atoms. The Morgan fingerprint density at radius 1 is 1.04 bits per heavy atom. The molecular weight excluding hydrogens is 361 g/mol. The van der Waals surface area contributed by atoms with Gasteiger partial charge in [0.05, 0.1) is 25.8 Å². The Morgan fingerprint density at radius 3 is 2.48 bits per heavy atom. The molecule has 0 amide bonds. The van der Waals surface area contributed by atoms with Crippen LogP contribution in [0.4, 0.5) is 13.2 Å². The Balaban J connectivity index is 1.53. The van der Waals surface area contributed by atoms with Crippen molar-refractivity contribution in [1.29, 1.82) is 0 Å². The largest absolute Gasteiger partial charge is 0.497 e. The predicted molar refractivity (Wildman–Crippen MR) is 91.4 cm³/mol. The Bertz CT molecular complexity index is 879. The predicted octanol–water partition coefficient (Wildman–Crippen LogP) is 3.84. The van der Waals surface area contributed by atoms with Gasteiger partial charge >= 0.3 is 6.18 Å². The molecule has 0 spiro atoms. The van der Waals surface area contributed by atoms with E-state index in [1.807, 2.05) is 0 Å². The van der Waals surface area contributed by atoms with Gasteiger partial charge in [0.1, 0.15) is 11.5 Å². The molecule has 27 heavy (non-hydrogen) atoms. The standard InChI is InChI=1S/C18H17F3N4O2/c1-26-15-6-8-16(9-7-15)27-11-3-10-25-23-17(22-24-25)13-4-2-5-14(12-13)18(19,20)21/h2,4-9,12H,3,10-11H2,1H3. The second-order valence-electron chi connectivity index (χ2n) is 5.67. The minimum atomic E-state index is -4.41. The first-order valence-electron chi connectivity index (χ1n) is 8.18. The summed E-state index contributed by atoms with van der Waals surface area (Å²) in [5, 5.41) is 11.8. The molecule has 9 heteroatoms. The van der Waals surface area contributed by atoms with Gasteiger partial charge in [-0.05, 0) is 41.6 Å². The van der Waals surface area contributed by atoms with Gasteiger partial charge in [0.25, 0.3) is 0 Å². The van der Waals surface area contributed by atoms with E-state index in [-0.39, 0.29) is 11.4 Å². The molecule has 0 radical (unpaired) electrons. The number of rotatable bonds is 7. The van der Waals surface area contributed by atoms with E-state index in [9.17, 15) is 13.2 Å². The van der Waals surface area contributed by atoms with Crippen molar-refractivity contribution in [3.63, 3.8) is 0 Å². The van der Waals surface area contributed by atoms with Gasteiger partial charge in [-0.3, -0.25) is 0 Å². The van der Waals surface area contributed by atoms with Gasteiger partial charge in [0, 0.05) is 12.0 Å². The lowest BCUT2D eigenvalue weighted by molar-refractivity contribution is -0.137. The number of aromatic nitrogens is 4. The van der Waals surface area contributed by atoms with Crippen molar-refractivity contribution in [2.24, 2.45) is 0 Å². The van der Waals surface area contributed by atoms with Gasteiger partial charge in [-0.25, -0.2) is 0 Å². The summed E-state index contributed by atoms with van der Waals surface area (Å²) >= 11 is 0. The summed E-state index contributed by atoms with van der Waals surface area (Å²) in [4.78, 5) is 1.34. The van der Waals surface area contributed by atoms with Crippen LogP contribution in [0.1, 0.15) is 12.0 Å². The average molecular weight is 378 g/mol. The molecule has 0 atom stereocenters. The third kappa shape index (κ3) is 4.96. The van der Waals surface area contributed by atoms with E-state index in [0.29, 0.717) is 25.3 Å². The van der Waals surface area contributed by atoms with Crippen LogP contribution in [0.5, 0.6) is 11.5 Å². The number of methoxy groups -OCH3 is 1. The van der Waals surface area contributed by atoms with Crippen LogP contribution in [0, 0.1) is 0 Å². The Kier molecular flexibility index (Phi) is 5.58. The highest BCUT2D eigenvalue weighted by Gasteiger charge is 2.30. The summed E-state index contributed by atoms with van der Waals surface area (Å²) in [5.74, 6) is 1.61. The smallest absolute Gasteiger partial charge is 0.416 e. The van der Waals surface area contributed by atoms with Crippen molar-refractivity contribution in [2.75, 3.05) is 13.7 Å². The normalized spacial score (nSPS) is 11.4. The Morgan fingerprint density at radius 2 is 1.78 bits per heavy atom. The molecular formula is C18H17F3N4O2. The van der Waals surface area contributed by atoms with E-state index in [1.165, 1.54) is 16.9 Å². The van der Waals surface area contributed by atoms with Gasteiger partial charge in [-0.2, -0.15) is 18.0 Å². The summed E-state index contributed by atoms with van der Waals surface area (Å²) in [6.07, 6.45) is -3.80. The molecule has 6 nitrogen and oxygen atoms in total. The van der Waals surface area contributed by atoms with Crippen molar-refractivity contribution in [1.82, 2.24) is 20.2 Å². The van der Waals surface area contributed by atoms with Crippen molar-refractivity contribution < 1.29 is 22.6 Å². The molecule has 0 saturated heterocycles. The number of hydrogen-bond donors (Lipinski definition) is 0. The van der Waals surface area contributed by atoms with Crippen molar-refractivity contribution >= 4 is 0 Å². The number of ether oxygens (including phenoxy) is 2. The number of nitrogens with zero attached hydrogens (tertiary/aromatic N) is 4. The van der Waals surface area contributed by atoms with Crippen LogP contribution in [0.15, 0.2) is 48.5 Å². The maximum absolute atomic E-state index is 12.8. The Hall–Kier alpha value is -3.10. The minimum Gasteiger partial charge on any atom is -0.497 e. The number of hydrogen-bond acceptors (Lipinski definition) is 5. The molecule has 1 heterocycles. The van der Waals surface area contributed by atoms with Crippen LogP contribution in [0.25, 0.3) is 11.4 Å². The molecule has 2 aromatic carbocycles. The van der Waals surface area contributed by atoms with Crippen molar-refractivity contribution in [3.05, 3.63) is 54.1 Å². The number of halogens is 3. The van der Waals surface area contributed by atoms with Crippen molar-refractivity contribution in [2.45, 2.75) is 19.1 Å². The zero-order valence-electron chi connectivity index (χ0n) is 14.5. The maximum atomic E-state index is 12.8. The Labute approximate surface area is 153 Å². The summed E-state index contributed by atoms with van der Waals surface area (Å²) in [5.41, 5.74) is -0.477. The van der Waals surface area contributed by atoms with E-state index < -0.39 is 11.7 Å². The lowest BCUT2D eigenvalue weighted by atomic mass is 10.1. The number of alkyl halides is 3. The molecule has 0 aliphatic carbocycles. The van der Waals surface area contributed by atoms with Gasteiger partial charge in [0.15, 0.2) is 0 Å². The molecule has 0 aliphatic rings. The van der Waals surface area contributed by atoms with Crippen LogP contribution >= 0.6 is 0 Å². The average Bonchev–Trinajstić information content (AvgIpc) is 3.14. The fraction of sp³-hybridized carbons (Fsp3) is 0.278. The van der Waals surface area contributed by atoms with Crippen LogP contribution in [0.2, 0.25) is 0 Å². The lowest BCUT2D eigenvalue weighted by Crippen LogP contribution is -2.07. The zero-order valence-corrected chi connectivity index (χ0v) is 14.5. The number of aryl methyl sites for hydroxylation is 1. The van der Waals surface area contributed by atoms with Gasteiger partial charge in [-0.15, -0.1) is 10.2 Å². The maximum Gasteiger partial charge on any atom is 0.416 e. The van der Waals surface area contributed by atoms with Gasteiger partial charge < -0.3 is 9.47 Å².